The SMILES string of the molecule is CO[C@]1(C)C[C@H](O[C@H]2[C@H](C)[C@@H](O[C@@H]3O[C@H](C)CC4C3OC(=NC(C)C)N4C)[C@](C)(O)C[C@@H](C)CN(C)C(=O)C[C@H](O)[C@H](Cc3ccccc3)NC(O)[C@@H]2C)O[C@@H](C)[C@@H]1O. The number of benzene rings is 1. The average Bonchev–Trinajstić information content (AvgIpc) is 3.46. The van der Waals surface area contributed by atoms with E-state index < -0.39 is 84.5 Å². The molecule has 0 spiro atoms. The molecule has 1 aromatic rings. The highest BCUT2D eigenvalue weighted by molar-refractivity contribution is 5.77. The minimum Gasteiger partial charge on any atom is -0.454 e. The van der Waals surface area contributed by atoms with Crippen molar-refractivity contribution in [3.63, 3.8) is 0 Å². The van der Waals surface area contributed by atoms with E-state index in [-0.39, 0.29) is 49.3 Å². The summed E-state index contributed by atoms with van der Waals surface area (Å²) in [6.07, 6.45) is -7.08. The lowest BCUT2D eigenvalue weighted by atomic mass is 9.77. The molecule has 5 rings (SSSR count). The lowest BCUT2D eigenvalue weighted by molar-refractivity contribution is -0.316. The van der Waals surface area contributed by atoms with E-state index in [9.17, 15) is 25.2 Å². The molecule has 4 fully saturated rings. The van der Waals surface area contributed by atoms with Crippen molar-refractivity contribution >= 4 is 11.9 Å². The predicted octanol–water partition coefficient (Wildman–Crippen LogP) is 3.05. The number of methoxy groups -OCH3 is 1. The second kappa shape index (κ2) is 19.7. The molecule has 4 aliphatic rings. The van der Waals surface area contributed by atoms with Gasteiger partial charge in [0.05, 0.1) is 54.2 Å². The fraction of sp³-hybridized carbons (Fsp3) is 0.818. The first-order valence-corrected chi connectivity index (χ1v) is 21.6. The van der Waals surface area contributed by atoms with Crippen molar-refractivity contribution in [1.29, 1.82) is 0 Å². The van der Waals surface area contributed by atoms with E-state index >= 15 is 0 Å². The number of amidine groups is 1. The molecule has 4 aliphatic heterocycles. The van der Waals surface area contributed by atoms with Crippen LogP contribution in [0.5, 0.6) is 0 Å². The van der Waals surface area contributed by atoms with E-state index in [2.05, 4.69) is 5.32 Å². The standard InChI is InChI=1S/C44H74N4O11/c1-24(2)45-42-48(11)32-18-26(4)55-41(37(32)58-42)59-39-27(5)36(57-35-22-44(9,54-12)38(51)29(7)56-35)28(6)40(52)46-31(19-30-16-14-13-15-17-30)33(49)20-34(50)47(10)23-25(3)21-43(39,8)53/h13-17,24-29,31-33,35-41,46,49,51-53H,18-23H2,1-12H3/t25-,26-,27+,28-,29+,31+,32?,33+,35+,36+,37?,38+,39-,40?,41+,43-,44-/m1/s1. The molecular weight excluding hydrogens is 761 g/mol. The molecule has 17 atom stereocenters. The first-order valence-electron chi connectivity index (χ1n) is 21.6. The zero-order valence-corrected chi connectivity index (χ0v) is 37.4. The number of aliphatic imine (C=N–C) groups is 1. The van der Waals surface area contributed by atoms with Gasteiger partial charge in [0, 0.05) is 58.1 Å². The summed E-state index contributed by atoms with van der Waals surface area (Å²) in [6, 6.07) is 9.31. The van der Waals surface area contributed by atoms with Crippen molar-refractivity contribution in [2.24, 2.45) is 22.7 Å². The number of aliphatic hydroxyl groups is 4. The molecule has 0 aliphatic carbocycles. The molecule has 0 saturated carbocycles. The molecule has 1 amide bonds. The minimum atomic E-state index is -1.53. The molecule has 15 heteroatoms. The third-order valence-electron chi connectivity index (χ3n) is 13.0. The molecule has 4 saturated heterocycles. The van der Waals surface area contributed by atoms with Crippen LogP contribution < -0.4 is 5.32 Å². The maximum atomic E-state index is 13.6. The van der Waals surface area contributed by atoms with Gasteiger partial charge in [-0.2, -0.15) is 0 Å². The van der Waals surface area contributed by atoms with Crippen molar-refractivity contribution in [3.05, 3.63) is 35.9 Å². The number of ether oxygens (including phenoxy) is 6. The second-order valence-electron chi connectivity index (χ2n) is 18.7. The summed E-state index contributed by atoms with van der Waals surface area (Å²) in [7, 11) is 5.20. The highest BCUT2D eigenvalue weighted by Crippen LogP contribution is 2.41. The Kier molecular flexibility index (Phi) is 15.9. The van der Waals surface area contributed by atoms with Crippen molar-refractivity contribution in [1.82, 2.24) is 15.1 Å². The van der Waals surface area contributed by atoms with Gasteiger partial charge in [-0.05, 0) is 72.3 Å². The summed E-state index contributed by atoms with van der Waals surface area (Å²) in [5, 5.41) is 50.9. The highest BCUT2D eigenvalue weighted by atomic mass is 16.7. The van der Waals surface area contributed by atoms with Gasteiger partial charge in [0.15, 0.2) is 18.7 Å². The van der Waals surface area contributed by atoms with Crippen LogP contribution >= 0.6 is 0 Å². The maximum absolute atomic E-state index is 13.6. The number of fused-ring (bicyclic) bond motifs is 1. The number of carbonyl (C=O) groups is 1. The Labute approximate surface area is 351 Å². The lowest BCUT2D eigenvalue weighted by Crippen LogP contribution is -2.60. The van der Waals surface area contributed by atoms with Gasteiger partial charge >= 0.3 is 0 Å². The van der Waals surface area contributed by atoms with Gasteiger partial charge in [0.1, 0.15) is 12.3 Å². The van der Waals surface area contributed by atoms with Crippen LogP contribution in [-0.4, -0.2) is 161 Å². The first kappa shape index (κ1) is 47.6. The Morgan fingerprint density at radius 2 is 1.66 bits per heavy atom. The molecule has 1 aromatic carbocycles. The molecule has 15 nitrogen and oxygen atoms in total. The average molecular weight is 835 g/mol. The Morgan fingerprint density at radius 3 is 2.31 bits per heavy atom. The van der Waals surface area contributed by atoms with Gasteiger partial charge in [0.2, 0.25) is 5.91 Å². The van der Waals surface area contributed by atoms with Crippen LogP contribution in [0.1, 0.15) is 93.6 Å². The molecular formula is C44H74N4O11. The summed E-state index contributed by atoms with van der Waals surface area (Å²) in [5.41, 5.74) is -1.60. The van der Waals surface area contributed by atoms with Gasteiger partial charge in [-0.1, -0.05) is 51.1 Å². The molecule has 5 N–H and O–H groups in total. The van der Waals surface area contributed by atoms with E-state index in [1.807, 2.05) is 90.7 Å². The van der Waals surface area contributed by atoms with E-state index in [0.29, 0.717) is 25.4 Å². The summed E-state index contributed by atoms with van der Waals surface area (Å²) < 4.78 is 39.1. The number of hydrogen-bond donors (Lipinski definition) is 5. The molecule has 0 radical (unpaired) electrons. The van der Waals surface area contributed by atoms with Gasteiger partial charge < -0.3 is 58.6 Å². The number of aliphatic hydroxyl groups excluding tert-OH is 3. The lowest BCUT2D eigenvalue weighted by Gasteiger charge is -2.49. The van der Waals surface area contributed by atoms with Gasteiger partial charge in [-0.25, -0.2) is 4.99 Å². The normalized spacial score (nSPS) is 43.9. The summed E-state index contributed by atoms with van der Waals surface area (Å²) in [6.45, 7) is 17.3. The van der Waals surface area contributed by atoms with Crippen molar-refractivity contribution in [3.8, 4) is 0 Å². The Balaban J connectivity index is 1.58. The summed E-state index contributed by atoms with van der Waals surface area (Å²) in [4.78, 5) is 22.0. The highest BCUT2D eigenvalue weighted by Gasteiger charge is 2.54. The number of carbonyl (C=O) groups excluding carboxylic acids is 1. The van der Waals surface area contributed by atoms with Crippen molar-refractivity contribution < 1.29 is 53.6 Å². The van der Waals surface area contributed by atoms with Crippen LogP contribution in [0, 0.1) is 17.8 Å². The van der Waals surface area contributed by atoms with Gasteiger partial charge in [-0.15, -0.1) is 0 Å². The first-order chi connectivity index (χ1) is 27.6. The van der Waals surface area contributed by atoms with E-state index in [0.717, 1.165) is 5.56 Å². The van der Waals surface area contributed by atoms with Gasteiger partial charge in [-0.3, -0.25) is 10.1 Å². The summed E-state index contributed by atoms with van der Waals surface area (Å²) in [5.74, 6) is -1.82. The zero-order chi connectivity index (χ0) is 43.6. The van der Waals surface area contributed by atoms with Crippen LogP contribution in [0.4, 0.5) is 0 Å². The van der Waals surface area contributed by atoms with E-state index in [1.165, 1.54) is 0 Å². The van der Waals surface area contributed by atoms with Crippen LogP contribution in [0.15, 0.2) is 35.3 Å². The number of nitrogens with one attached hydrogen (secondary N) is 1. The number of likely N-dealkylation sites (N-methyl/N-ethyl adjacent to an activating group) is 1. The molecule has 336 valence electrons. The van der Waals surface area contributed by atoms with Crippen LogP contribution in [0.2, 0.25) is 0 Å². The molecule has 0 aromatic heterocycles. The zero-order valence-electron chi connectivity index (χ0n) is 37.4. The fourth-order valence-corrected chi connectivity index (χ4v) is 9.64. The monoisotopic (exact) mass is 835 g/mol. The Morgan fingerprint density at radius 1 is 0.983 bits per heavy atom. The fourth-order valence-electron chi connectivity index (χ4n) is 9.64. The largest absolute Gasteiger partial charge is 0.454 e. The topological polar surface area (TPSA) is 184 Å². The van der Waals surface area contributed by atoms with Crippen LogP contribution in [0.25, 0.3) is 0 Å². The number of amides is 1. The number of nitrogens with zero attached hydrogens (tertiary/aromatic N) is 3. The van der Waals surface area contributed by atoms with E-state index in [1.54, 1.807) is 32.9 Å². The van der Waals surface area contributed by atoms with Crippen molar-refractivity contribution in [2.75, 3.05) is 27.7 Å². The third-order valence-corrected chi connectivity index (χ3v) is 13.0. The Bertz CT molecular complexity index is 1540. The number of rotatable bonds is 8. The Hall–Kier alpha value is -2.44. The number of hydrogen-bond acceptors (Lipinski definition) is 13. The summed E-state index contributed by atoms with van der Waals surface area (Å²) >= 11 is 0. The molecule has 3 unspecified atom stereocenters. The predicted molar refractivity (Wildman–Crippen MR) is 222 cm³/mol. The van der Waals surface area contributed by atoms with Crippen LogP contribution in [-0.2, 0) is 39.6 Å². The van der Waals surface area contributed by atoms with Crippen LogP contribution in [0.3, 0.4) is 0 Å². The smallest absolute Gasteiger partial charge is 0.288 e. The quantitative estimate of drug-likeness (QED) is 0.258. The molecule has 0 bridgehead atoms. The third kappa shape index (κ3) is 11.3. The minimum absolute atomic E-state index is 0.00000372. The maximum Gasteiger partial charge on any atom is 0.288 e. The van der Waals surface area contributed by atoms with E-state index in [4.69, 9.17) is 33.4 Å². The van der Waals surface area contributed by atoms with Gasteiger partial charge in [0.25, 0.3) is 6.02 Å². The molecule has 59 heavy (non-hydrogen) atoms. The van der Waals surface area contributed by atoms with Crippen molar-refractivity contribution in [2.45, 2.75) is 185 Å². The second-order valence-corrected chi connectivity index (χ2v) is 18.7. The molecule has 4 heterocycles.